The van der Waals surface area contributed by atoms with Crippen molar-refractivity contribution in [3.05, 3.63) is 35.9 Å². The third-order valence-electron chi connectivity index (χ3n) is 2.77. The van der Waals surface area contributed by atoms with Crippen LogP contribution in [0.5, 0.6) is 0 Å². The molecule has 0 saturated heterocycles. The summed E-state index contributed by atoms with van der Waals surface area (Å²) in [6.07, 6.45) is 2.14. The van der Waals surface area contributed by atoms with Gasteiger partial charge < -0.3 is 9.47 Å². The molecule has 1 aliphatic carbocycles. The molecule has 0 aliphatic heterocycles. The fourth-order valence-electron chi connectivity index (χ4n) is 1.72. The topological polar surface area (TPSA) is 56.5 Å². The summed E-state index contributed by atoms with van der Waals surface area (Å²) in [6.45, 7) is 0.651. The molecular weight excluding hydrogens is 236 g/mol. The molecule has 1 aliphatic rings. The summed E-state index contributed by atoms with van der Waals surface area (Å²) in [5, 5.41) is 0.247. The molecule has 0 radical (unpaired) electrons. The van der Waals surface area contributed by atoms with Gasteiger partial charge in [0.25, 0.3) is 5.17 Å². The molecule has 0 spiro atoms. The molecular formula is C12H16N2O2S. The van der Waals surface area contributed by atoms with Crippen molar-refractivity contribution in [3.63, 3.8) is 0 Å². The Kier molecular flexibility index (Phi) is 4.30. The predicted molar refractivity (Wildman–Crippen MR) is 69.0 cm³/mol. The van der Waals surface area contributed by atoms with Crippen LogP contribution in [0.2, 0.25) is 0 Å². The van der Waals surface area contributed by atoms with Crippen molar-refractivity contribution in [2.45, 2.75) is 31.7 Å². The SMILES string of the molecule is NNC(=S)OC1CC(OCc2ccccc2)C1. The van der Waals surface area contributed by atoms with Crippen molar-refractivity contribution >= 4 is 17.4 Å². The normalized spacial score (nSPS) is 22.6. The Morgan fingerprint density at radius 1 is 1.29 bits per heavy atom. The van der Waals surface area contributed by atoms with E-state index in [0.717, 1.165) is 12.8 Å². The van der Waals surface area contributed by atoms with Gasteiger partial charge in [-0.15, -0.1) is 0 Å². The Bertz CT molecular complexity index is 366. The smallest absolute Gasteiger partial charge is 0.271 e. The number of hydrogen-bond acceptors (Lipinski definition) is 4. The second kappa shape index (κ2) is 5.95. The van der Waals surface area contributed by atoms with Crippen LogP contribution in [-0.4, -0.2) is 17.4 Å². The lowest BCUT2D eigenvalue weighted by atomic mass is 9.92. The lowest BCUT2D eigenvalue weighted by molar-refractivity contribution is -0.0727. The number of rotatable bonds is 4. The maximum Gasteiger partial charge on any atom is 0.271 e. The Morgan fingerprint density at radius 3 is 2.65 bits per heavy atom. The minimum Gasteiger partial charge on any atom is -0.467 e. The van der Waals surface area contributed by atoms with Crippen LogP contribution in [0.3, 0.4) is 0 Å². The molecule has 1 aromatic carbocycles. The van der Waals surface area contributed by atoms with E-state index >= 15 is 0 Å². The molecule has 0 unspecified atom stereocenters. The van der Waals surface area contributed by atoms with Crippen LogP contribution < -0.4 is 11.3 Å². The van der Waals surface area contributed by atoms with E-state index in [9.17, 15) is 0 Å². The largest absolute Gasteiger partial charge is 0.467 e. The highest BCUT2D eigenvalue weighted by molar-refractivity contribution is 7.80. The number of nitrogens with one attached hydrogen (secondary N) is 1. The zero-order chi connectivity index (χ0) is 12.1. The Morgan fingerprint density at radius 2 is 2.00 bits per heavy atom. The number of nitrogens with two attached hydrogens (primary N) is 1. The Balaban J connectivity index is 1.63. The molecule has 92 valence electrons. The second-order valence-electron chi connectivity index (χ2n) is 4.06. The van der Waals surface area contributed by atoms with Crippen molar-refractivity contribution in [3.8, 4) is 0 Å². The van der Waals surface area contributed by atoms with Gasteiger partial charge in [-0.3, -0.25) is 5.43 Å². The molecule has 1 aromatic rings. The van der Waals surface area contributed by atoms with Crippen LogP contribution in [0, 0.1) is 0 Å². The number of hydrogen-bond donors (Lipinski definition) is 2. The maximum absolute atomic E-state index is 5.73. The lowest BCUT2D eigenvalue weighted by Crippen LogP contribution is -2.42. The first-order valence-electron chi connectivity index (χ1n) is 5.60. The molecule has 0 atom stereocenters. The lowest BCUT2D eigenvalue weighted by Gasteiger charge is -2.34. The van der Waals surface area contributed by atoms with E-state index in [1.807, 2.05) is 18.2 Å². The third kappa shape index (κ3) is 3.66. The second-order valence-corrected chi connectivity index (χ2v) is 4.43. The molecule has 1 saturated carbocycles. The van der Waals surface area contributed by atoms with Gasteiger partial charge in [-0.05, 0) is 17.8 Å². The van der Waals surface area contributed by atoms with Gasteiger partial charge in [-0.25, -0.2) is 5.84 Å². The molecule has 0 amide bonds. The molecule has 2 rings (SSSR count). The number of benzene rings is 1. The van der Waals surface area contributed by atoms with Gasteiger partial charge in [0.05, 0.1) is 12.7 Å². The fraction of sp³-hybridized carbons (Fsp3) is 0.417. The summed E-state index contributed by atoms with van der Waals surface area (Å²) in [7, 11) is 0. The fourth-order valence-corrected chi connectivity index (χ4v) is 1.86. The highest BCUT2D eigenvalue weighted by atomic mass is 32.1. The summed E-state index contributed by atoms with van der Waals surface area (Å²) < 4.78 is 11.1. The molecule has 4 nitrogen and oxygen atoms in total. The van der Waals surface area contributed by atoms with Crippen molar-refractivity contribution < 1.29 is 9.47 Å². The maximum atomic E-state index is 5.73. The van der Waals surface area contributed by atoms with Crippen LogP contribution in [-0.2, 0) is 16.1 Å². The standard InChI is InChI=1S/C12H16N2O2S/c13-14-12(17)16-11-6-10(7-11)15-8-9-4-2-1-3-5-9/h1-5,10-11H,6-8,13H2,(H,14,17). The Hall–Kier alpha value is -1.17. The van der Waals surface area contributed by atoms with E-state index < -0.39 is 0 Å². The van der Waals surface area contributed by atoms with Crippen LogP contribution >= 0.6 is 12.2 Å². The van der Waals surface area contributed by atoms with Crippen molar-refractivity contribution in [2.75, 3.05) is 0 Å². The van der Waals surface area contributed by atoms with Crippen LogP contribution in [0.4, 0.5) is 0 Å². The van der Waals surface area contributed by atoms with Gasteiger partial charge in [0.2, 0.25) is 0 Å². The summed E-state index contributed by atoms with van der Waals surface area (Å²) in [5.41, 5.74) is 3.50. The molecule has 0 aromatic heterocycles. The van der Waals surface area contributed by atoms with Gasteiger partial charge in [0.15, 0.2) is 0 Å². The average Bonchev–Trinajstić information content (AvgIpc) is 2.32. The van der Waals surface area contributed by atoms with Crippen molar-refractivity contribution in [1.82, 2.24) is 5.43 Å². The average molecular weight is 252 g/mol. The quantitative estimate of drug-likeness (QED) is 0.483. The zero-order valence-electron chi connectivity index (χ0n) is 9.46. The van der Waals surface area contributed by atoms with Crippen LogP contribution in [0.15, 0.2) is 30.3 Å². The number of ether oxygens (including phenoxy) is 2. The van der Waals surface area contributed by atoms with E-state index in [-0.39, 0.29) is 17.4 Å². The highest BCUT2D eigenvalue weighted by Gasteiger charge is 2.32. The minimum atomic E-state index is 0.138. The van der Waals surface area contributed by atoms with Gasteiger partial charge >= 0.3 is 0 Å². The number of hydrazine groups is 1. The molecule has 5 heteroatoms. The minimum absolute atomic E-state index is 0.138. The molecule has 1 fully saturated rings. The third-order valence-corrected chi connectivity index (χ3v) is 2.99. The molecule has 0 heterocycles. The van der Waals surface area contributed by atoms with Crippen LogP contribution in [0.25, 0.3) is 0 Å². The van der Waals surface area contributed by atoms with E-state index in [1.54, 1.807) is 0 Å². The van der Waals surface area contributed by atoms with Crippen LogP contribution in [0.1, 0.15) is 18.4 Å². The predicted octanol–water partition coefficient (Wildman–Crippen LogP) is 1.50. The summed E-state index contributed by atoms with van der Waals surface area (Å²) in [6, 6.07) is 10.1. The van der Waals surface area contributed by atoms with Gasteiger partial charge in [-0.2, -0.15) is 0 Å². The summed E-state index contributed by atoms with van der Waals surface area (Å²) >= 11 is 4.81. The molecule has 17 heavy (non-hydrogen) atoms. The van der Waals surface area contributed by atoms with Crippen molar-refractivity contribution in [1.29, 1.82) is 0 Å². The van der Waals surface area contributed by atoms with E-state index in [2.05, 4.69) is 17.6 Å². The van der Waals surface area contributed by atoms with Gasteiger partial charge in [0.1, 0.15) is 6.10 Å². The first-order valence-corrected chi connectivity index (χ1v) is 6.01. The van der Waals surface area contributed by atoms with E-state index in [0.29, 0.717) is 6.61 Å². The molecule has 3 N–H and O–H groups in total. The first-order chi connectivity index (χ1) is 8.28. The van der Waals surface area contributed by atoms with Gasteiger partial charge in [0, 0.05) is 12.8 Å². The molecule has 0 bridgehead atoms. The highest BCUT2D eigenvalue weighted by Crippen LogP contribution is 2.27. The monoisotopic (exact) mass is 252 g/mol. The Labute approximate surface area is 106 Å². The number of thiocarbonyl (C=S) groups is 1. The summed E-state index contributed by atoms with van der Waals surface area (Å²) in [5.74, 6) is 5.12. The first kappa shape index (κ1) is 12.3. The van der Waals surface area contributed by atoms with Gasteiger partial charge in [-0.1, -0.05) is 30.3 Å². The van der Waals surface area contributed by atoms with E-state index in [1.165, 1.54) is 5.56 Å². The zero-order valence-corrected chi connectivity index (χ0v) is 10.3. The van der Waals surface area contributed by atoms with E-state index in [4.69, 9.17) is 27.5 Å². The summed E-state index contributed by atoms with van der Waals surface area (Å²) in [4.78, 5) is 0. The van der Waals surface area contributed by atoms with Crippen molar-refractivity contribution in [2.24, 2.45) is 5.84 Å².